The Bertz CT molecular complexity index is 461. The first kappa shape index (κ1) is 12.3. The van der Waals surface area contributed by atoms with E-state index in [1.807, 2.05) is 18.0 Å². The number of aryl methyl sites for hydroxylation is 1. The van der Waals surface area contributed by atoms with Gasteiger partial charge < -0.3 is 9.88 Å². The SMILES string of the molecule is CCCNCc1cncn1Cc1scnc1C. The summed E-state index contributed by atoms with van der Waals surface area (Å²) >= 11 is 1.70. The molecule has 17 heavy (non-hydrogen) atoms. The van der Waals surface area contributed by atoms with Crippen LogP contribution in [0.1, 0.15) is 29.6 Å². The maximum Gasteiger partial charge on any atom is 0.0952 e. The molecule has 0 saturated heterocycles. The van der Waals surface area contributed by atoms with Crippen LogP contribution in [0.15, 0.2) is 18.0 Å². The minimum Gasteiger partial charge on any atom is -0.328 e. The molecule has 0 aliphatic carbocycles. The Kier molecular flexibility index (Phi) is 4.28. The first-order valence-corrected chi connectivity index (χ1v) is 6.78. The van der Waals surface area contributed by atoms with E-state index in [0.717, 1.165) is 31.7 Å². The molecule has 2 aromatic rings. The van der Waals surface area contributed by atoms with E-state index in [1.54, 1.807) is 11.3 Å². The molecule has 2 rings (SSSR count). The molecule has 2 aromatic heterocycles. The summed E-state index contributed by atoms with van der Waals surface area (Å²) in [6.45, 7) is 7.03. The van der Waals surface area contributed by atoms with Crippen molar-refractivity contribution < 1.29 is 0 Å². The Morgan fingerprint density at radius 3 is 3.06 bits per heavy atom. The molecule has 1 N–H and O–H groups in total. The Morgan fingerprint density at radius 2 is 2.35 bits per heavy atom. The first-order chi connectivity index (χ1) is 8.31. The van der Waals surface area contributed by atoms with Gasteiger partial charge in [-0.25, -0.2) is 9.97 Å². The molecule has 0 unspecified atom stereocenters. The third-order valence-electron chi connectivity index (χ3n) is 2.69. The number of aromatic nitrogens is 3. The van der Waals surface area contributed by atoms with Crippen LogP contribution in [0.2, 0.25) is 0 Å². The molecule has 0 spiro atoms. The highest BCUT2D eigenvalue weighted by atomic mass is 32.1. The van der Waals surface area contributed by atoms with Gasteiger partial charge in [-0.05, 0) is 19.9 Å². The van der Waals surface area contributed by atoms with Crippen LogP contribution in [0, 0.1) is 6.92 Å². The molecular formula is C12H18N4S. The lowest BCUT2D eigenvalue weighted by molar-refractivity contribution is 0.631. The zero-order valence-electron chi connectivity index (χ0n) is 10.3. The summed E-state index contributed by atoms with van der Waals surface area (Å²) < 4.78 is 2.18. The van der Waals surface area contributed by atoms with Gasteiger partial charge in [0.25, 0.3) is 0 Å². The molecule has 0 aliphatic heterocycles. The van der Waals surface area contributed by atoms with Crippen molar-refractivity contribution in [3.63, 3.8) is 0 Å². The van der Waals surface area contributed by atoms with Crippen molar-refractivity contribution in [2.24, 2.45) is 0 Å². The number of rotatable bonds is 6. The summed E-state index contributed by atoms with van der Waals surface area (Å²) in [5, 5.41) is 3.40. The number of nitrogens with zero attached hydrogens (tertiary/aromatic N) is 3. The lowest BCUT2D eigenvalue weighted by atomic mass is 10.3. The summed E-state index contributed by atoms with van der Waals surface area (Å²) in [5.41, 5.74) is 4.25. The molecule has 2 heterocycles. The highest BCUT2D eigenvalue weighted by molar-refractivity contribution is 7.09. The van der Waals surface area contributed by atoms with E-state index in [4.69, 9.17) is 0 Å². The number of imidazole rings is 1. The fourth-order valence-corrected chi connectivity index (χ4v) is 2.44. The first-order valence-electron chi connectivity index (χ1n) is 5.90. The largest absolute Gasteiger partial charge is 0.328 e. The van der Waals surface area contributed by atoms with Gasteiger partial charge in [0, 0.05) is 17.6 Å². The quantitative estimate of drug-likeness (QED) is 0.799. The second-order valence-electron chi connectivity index (χ2n) is 4.05. The van der Waals surface area contributed by atoms with E-state index < -0.39 is 0 Å². The standard InChI is InChI=1S/C12H18N4S/c1-3-4-13-5-11-6-14-8-16(11)7-12-10(2)15-9-17-12/h6,8-9,13H,3-5,7H2,1-2H3. The van der Waals surface area contributed by atoms with Crippen molar-refractivity contribution in [3.8, 4) is 0 Å². The summed E-state index contributed by atoms with van der Waals surface area (Å²) in [5.74, 6) is 0. The van der Waals surface area contributed by atoms with Crippen LogP contribution in [0.3, 0.4) is 0 Å². The third kappa shape index (κ3) is 3.14. The van der Waals surface area contributed by atoms with Gasteiger partial charge in [0.1, 0.15) is 0 Å². The van der Waals surface area contributed by atoms with E-state index in [2.05, 4.69) is 33.7 Å². The smallest absolute Gasteiger partial charge is 0.0952 e. The molecule has 0 aliphatic rings. The van der Waals surface area contributed by atoms with Gasteiger partial charge in [0.2, 0.25) is 0 Å². The van der Waals surface area contributed by atoms with Crippen molar-refractivity contribution in [1.82, 2.24) is 19.9 Å². The zero-order chi connectivity index (χ0) is 12.1. The number of nitrogens with one attached hydrogen (secondary N) is 1. The fraction of sp³-hybridized carbons (Fsp3) is 0.500. The van der Waals surface area contributed by atoms with Crippen LogP contribution in [0.5, 0.6) is 0 Å². The predicted octanol–water partition coefficient (Wildman–Crippen LogP) is 2.20. The second-order valence-corrected chi connectivity index (χ2v) is 4.99. The van der Waals surface area contributed by atoms with Crippen molar-refractivity contribution in [3.05, 3.63) is 34.3 Å². The van der Waals surface area contributed by atoms with Gasteiger partial charge in [-0.15, -0.1) is 11.3 Å². The normalized spacial score (nSPS) is 10.9. The number of hydrogen-bond donors (Lipinski definition) is 1. The van der Waals surface area contributed by atoms with E-state index in [9.17, 15) is 0 Å². The number of thiazole rings is 1. The van der Waals surface area contributed by atoms with Gasteiger partial charge in [-0.2, -0.15) is 0 Å². The average Bonchev–Trinajstić information content (AvgIpc) is 2.91. The highest BCUT2D eigenvalue weighted by Crippen LogP contribution is 2.14. The molecule has 0 radical (unpaired) electrons. The fourth-order valence-electron chi connectivity index (χ4n) is 1.66. The summed E-state index contributed by atoms with van der Waals surface area (Å²) in [6.07, 6.45) is 4.98. The molecule has 0 fully saturated rings. The molecule has 5 heteroatoms. The lowest BCUT2D eigenvalue weighted by Crippen LogP contribution is -2.16. The zero-order valence-corrected chi connectivity index (χ0v) is 11.1. The van der Waals surface area contributed by atoms with E-state index in [0.29, 0.717) is 0 Å². The molecule has 0 amide bonds. The molecule has 4 nitrogen and oxygen atoms in total. The summed E-state index contributed by atoms with van der Waals surface area (Å²) in [6, 6.07) is 0. The van der Waals surface area contributed by atoms with Crippen molar-refractivity contribution in [1.29, 1.82) is 0 Å². The van der Waals surface area contributed by atoms with Gasteiger partial charge in [-0.3, -0.25) is 0 Å². The molecule has 0 bridgehead atoms. The van der Waals surface area contributed by atoms with Crippen molar-refractivity contribution in [2.75, 3.05) is 6.54 Å². The van der Waals surface area contributed by atoms with Gasteiger partial charge in [0.15, 0.2) is 0 Å². The van der Waals surface area contributed by atoms with Crippen molar-refractivity contribution >= 4 is 11.3 Å². The minimum atomic E-state index is 0.875. The van der Waals surface area contributed by atoms with Crippen LogP contribution in [-0.2, 0) is 13.1 Å². The maximum atomic E-state index is 4.27. The minimum absolute atomic E-state index is 0.875. The monoisotopic (exact) mass is 250 g/mol. The molecular weight excluding hydrogens is 232 g/mol. The maximum absolute atomic E-state index is 4.27. The van der Waals surface area contributed by atoms with Crippen LogP contribution in [-0.4, -0.2) is 21.1 Å². The van der Waals surface area contributed by atoms with Crippen LogP contribution >= 0.6 is 11.3 Å². The van der Waals surface area contributed by atoms with E-state index >= 15 is 0 Å². The Morgan fingerprint density at radius 1 is 1.47 bits per heavy atom. The summed E-state index contributed by atoms with van der Waals surface area (Å²) in [7, 11) is 0. The Labute approximate surface area is 106 Å². The topological polar surface area (TPSA) is 42.7 Å². The van der Waals surface area contributed by atoms with E-state index in [1.165, 1.54) is 10.6 Å². The molecule has 92 valence electrons. The third-order valence-corrected chi connectivity index (χ3v) is 3.61. The van der Waals surface area contributed by atoms with Crippen LogP contribution in [0.25, 0.3) is 0 Å². The Hall–Kier alpha value is -1.20. The predicted molar refractivity (Wildman–Crippen MR) is 70.2 cm³/mol. The molecule has 0 aromatic carbocycles. The second kappa shape index (κ2) is 5.93. The van der Waals surface area contributed by atoms with Crippen LogP contribution in [0.4, 0.5) is 0 Å². The average molecular weight is 250 g/mol. The van der Waals surface area contributed by atoms with E-state index in [-0.39, 0.29) is 0 Å². The highest BCUT2D eigenvalue weighted by Gasteiger charge is 2.06. The molecule has 0 atom stereocenters. The molecule has 0 saturated carbocycles. The summed E-state index contributed by atoms with van der Waals surface area (Å²) in [4.78, 5) is 9.79. The van der Waals surface area contributed by atoms with Crippen LogP contribution < -0.4 is 5.32 Å². The lowest BCUT2D eigenvalue weighted by Gasteiger charge is -2.08. The Balaban J connectivity index is 2.01. The van der Waals surface area contributed by atoms with Gasteiger partial charge >= 0.3 is 0 Å². The van der Waals surface area contributed by atoms with Crippen molar-refractivity contribution in [2.45, 2.75) is 33.4 Å². The van der Waals surface area contributed by atoms with Gasteiger partial charge in [-0.1, -0.05) is 6.92 Å². The number of hydrogen-bond acceptors (Lipinski definition) is 4. The van der Waals surface area contributed by atoms with Gasteiger partial charge in [0.05, 0.1) is 29.8 Å².